The van der Waals surface area contributed by atoms with Gasteiger partial charge in [-0.2, -0.15) is 0 Å². The molecule has 1 amide bonds. The van der Waals surface area contributed by atoms with Gasteiger partial charge >= 0.3 is 0 Å². The molecule has 0 spiro atoms. The Bertz CT molecular complexity index is 538. The lowest BCUT2D eigenvalue weighted by Crippen LogP contribution is -2.27. The van der Waals surface area contributed by atoms with Crippen molar-refractivity contribution in [1.29, 1.82) is 0 Å². The van der Waals surface area contributed by atoms with Crippen molar-refractivity contribution in [3.05, 3.63) is 48.0 Å². The van der Waals surface area contributed by atoms with Gasteiger partial charge in [0.1, 0.15) is 0 Å². The highest BCUT2D eigenvalue weighted by Gasteiger charge is 2.44. The molecule has 0 radical (unpaired) electrons. The number of rotatable bonds is 3. The van der Waals surface area contributed by atoms with Gasteiger partial charge in [-0.1, -0.05) is 42.5 Å². The Labute approximate surface area is 94.3 Å². The average molecular weight is 211 g/mol. The Morgan fingerprint density at radius 2 is 1.81 bits per heavy atom. The minimum atomic E-state index is -0.0946. The summed E-state index contributed by atoms with van der Waals surface area (Å²) in [5.74, 6) is 0. The van der Waals surface area contributed by atoms with Crippen LogP contribution in [0.25, 0.3) is 10.8 Å². The molecule has 1 aliphatic carbocycles. The summed E-state index contributed by atoms with van der Waals surface area (Å²) in [5, 5.41) is 5.44. The zero-order chi connectivity index (χ0) is 11.0. The first kappa shape index (κ1) is 9.40. The lowest BCUT2D eigenvalue weighted by molar-refractivity contribution is -0.110. The summed E-state index contributed by atoms with van der Waals surface area (Å²) in [6.45, 7) is 0. The summed E-state index contributed by atoms with van der Waals surface area (Å²) in [5.41, 5.74) is 1.15. The number of amides is 1. The fraction of sp³-hybridized carbons (Fsp3) is 0.214. The molecule has 1 fully saturated rings. The number of hydrogen-bond acceptors (Lipinski definition) is 1. The molecule has 0 unspecified atom stereocenters. The second-order valence-corrected chi connectivity index (χ2v) is 4.37. The molecule has 80 valence electrons. The highest BCUT2D eigenvalue weighted by Crippen LogP contribution is 2.47. The molecule has 1 aliphatic rings. The maximum absolute atomic E-state index is 10.7. The van der Waals surface area contributed by atoms with Crippen LogP contribution in [0.2, 0.25) is 0 Å². The van der Waals surface area contributed by atoms with Crippen molar-refractivity contribution in [2.24, 2.45) is 0 Å². The van der Waals surface area contributed by atoms with Crippen molar-refractivity contribution in [2.75, 3.05) is 0 Å². The molecule has 2 aromatic carbocycles. The number of benzene rings is 2. The molecule has 2 nitrogen and oxygen atoms in total. The molecule has 0 bridgehead atoms. The summed E-state index contributed by atoms with van der Waals surface area (Å²) in [4.78, 5) is 10.7. The van der Waals surface area contributed by atoms with Crippen LogP contribution in [0.5, 0.6) is 0 Å². The second kappa shape index (κ2) is 3.34. The lowest BCUT2D eigenvalue weighted by Gasteiger charge is -2.17. The van der Waals surface area contributed by atoms with Gasteiger partial charge in [-0.05, 0) is 29.2 Å². The first-order chi connectivity index (χ1) is 7.86. The van der Waals surface area contributed by atoms with Crippen molar-refractivity contribution in [2.45, 2.75) is 18.4 Å². The SMILES string of the molecule is O=CNC1(c2cccc3ccccc23)CC1. The molecule has 1 N–H and O–H groups in total. The van der Waals surface area contributed by atoms with Crippen LogP contribution in [-0.2, 0) is 10.3 Å². The zero-order valence-electron chi connectivity index (χ0n) is 8.94. The molecule has 3 rings (SSSR count). The zero-order valence-corrected chi connectivity index (χ0v) is 8.94. The van der Waals surface area contributed by atoms with Gasteiger partial charge in [0.15, 0.2) is 0 Å². The smallest absolute Gasteiger partial charge is 0.207 e. The fourth-order valence-corrected chi connectivity index (χ4v) is 2.37. The third-order valence-electron chi connectivity index (χ3n) is 3.39. The topological polar surface area (TPSA) is 29.1 Å². The molecule has 0 aromatic heterocycles. The molecular weight excluding hydrogens is 198 g/mol. The molecule has 2 aromatic rings. The predicted molar refractivity (Wildman–Crippen MR) is 64.1 cm³/mol. The van der Waals surface area contributed by atoms with Gasteiger partial charge in [0.05, 0.1) is 5.54 Å². The summed E-state index contributed by atoms with van der Waals surface area (Å²) in [6, 6.07) is 14.6. The Balaban J connectivity index is 2.20. The van der Waals surface area contributed by atoms with Crippen LogP contribution < -0.4 is 5.32 Å². The molecular formula is C14H13NO. The maximum atomic E-state index is 10.7. The van der Waals surface area contributed by atoms with Crippen molar-refractivity contribution in [3.63, 3.8) is 0 Å². The largest absolute Gasteiger partial charge is 0.349 e. The average Bonchev–Trinajstić information content (AvgIpc) is 3.10. The van der Waals surface area contributed by atoms with Crippen LogP contribution >= 0.6 is 0 Å². The molecule has 0 aliphatic heterocycles. The second-order valence-electron chi connectivity index (χ2n) is 4.37. The first-order valence-electron chi connectivity index (χ1n) is 5.55. The quantitative estimate of drug-likeness (QED) is 0.777. The van der Waals surface area contributed by atoms with E-state index in [1.807, 2.05) is 12.1 Å². The molecule has 0 heterocycles. The van der Waals surface area contributed by atoms with Gasteiger partial charge in [0.2, 0.25) is 6.41 Å². The molecule has 0 saturated heterocycles. The van der Waals surface area contributed by atoms with E-state index in [0.29, 0.717) is 0 Å². The molecule has 2 heteroatoms. The van der Waals surface area contributed by atoms with Gasteiger partial charge < -0.3 is 5.32 Å². The van der Waals surface area contributed by atoms with Gasteiger partial charge in [-0.25, -0.2) is 0 Å². The molecule has 1 saturated carbocycles. The van der Waals surface area contributed by atoms with E-state index >= 15 is 0 Å². The van der Waals surface area contributed by atoms with Crippen LogP contribution in [0.4, 0.5) is 0 Å². The third-order valence-corrected chi connectivity index (χ3v) is 3.39. The van der Waals surface area contributed by atoms with Crippen molar-refractivity contribution in [3.8, 4) is 0 Å². The van der Waals surface area contributed by atoms with E-state index in [-0.39, 0.29) is 5.54 Å². The Morgan fingerprint density at radius 3 is 2.56 bits per heavy atom. The highest BCUT2D eigenvalue weighted by atomic mass is 16.1. The van der Waals surface area contributed by atoms with Crippen LogP contribution in [0.1, 0.15) is 18.4 Å². The Hall–Kier alpha value is -1.83. The summed E-state index contributed by atoms with van der Waals surface area (Å²) < 4.78 is 0. The number of fused-ring (bicyclic) bond motifs is 1. The molecule has 16 heavy (non-hydrogen) atoms. The standard InChI is InChI=1S/C14H13NO/c16-10-15-14(8-9-14)13-7-3-5-11-4-1-2-6-12(11)13/h1-7,10H,8-9H2,(H,15,16). The Kier molecular flexibility index (Phi) is 1.96. The van der Waals surface area contributed by atoms with E-state index in [2.05, 4.69) is 35.6 Å². The van der Waals surface area contributed by atoms with Crippen LogP contribution in [0, 0.1) is 0 Å². The van der Waals surface area contributed by atoms with Crippen molar-refractivity contribution in [1.82, 2.24) is 5.32 Å². The van der Waals surface area contributed by atoms with Crippen LogP contribution in [0.15, 0.2) is 42.5 Å². The minimum Gasteiger partial charge on any atom is -0.349 e. The normalized spacial score (nSPS) is 17.0. The number of carbonyl (C=O) groups excluding carboxylic acids is 1. The lowest BCUT2D eigenvalue weighted by atomic mass is 9.97. The van der Waals surface area contributed by atoms with Crippen molar-refractivity contribution >= 4 is 17.2 Å². The monoisotopic (exact) mass is 211 g/mol. The number of carbonyl (C=O) groups is 1. The number of nitrogens with one attached hydrogen (secondary N) is 1. The highest BCUT2D eigenvalue weighted by molar-refractivity contribution is 5.87. The molecule has 0 atom stereocenters. The van der Waals surface area contributed by atoms with Crippen molar-refractivity contribution < 1.29 is 4.79 Å². The van der Waals surface area contributed by atoms with E-state index in [0.717, 1.165) is 19.3 Å². The predicted octanol–water partition coefficient (Wildman–Crippen LogP) is 2.57. The van der Waals surface area contributed by atoms with E-state index in [1.165, 1.54) is 16.3 Å². The summed E-state index contributed by atoms with van der Waals surface area (Å²) in [7, 11) is 0. The van der Waals surface area contributed by atoms with Crippen LogP contribution in [-0.4, -0.2) is 6.41 Å². The van der Waals surface area contributed by atoms with E-state index < -0.39 is 0 Å². The van der Waals surface area contributed by atoms with Gasteiger partial charge in [0.25, 0.3) is 0 Å². The first-order valence-corrected chi connectivity index (χ1v) is 5.55. The van der Waals surface area contributed by atoms with Crippen LogP contribution in [0.3, 0.4) is 0 Å². The minimum absolute atomic E-state index is 0.0946. The van der Waals surface area contributed by atoms with E-state index in [9.17, 15) is 4.79 Å². The fourth-order valence-electron chi connectivity index (χ4n) is 2.37. The van der Waals surface area contributed by atoms with E-state index in [1.54, 1.807) is 0 Å². The maximum Gasteiger partial charge on any atom is 0.207 e. The van der Waals surface area contributed by atoms with Gasteiger partial charge in [0, 0.05) is 0 Å². The Morgan fingerprint density at radius 1 is 1.06 bits per heavy atom. The van der Waals surface area contributed by atoms with Gasteiger partial charge in [-0.3, -0.25) is 4.79 Å². The summed E-state index contributed by atoms with van der Waals surface area (Å²) in [6.07, 6.45) is 2.90. The summed E-state index contributed by atoms with van der Waals surface area (Å²) >= 11 is 0. The van der Waals surface area contributed by atoms with E-state index in [4.69, 9.17) is 0 Å². The number of hydrogen-bond donors (Lipinski definition) is 1. The van der Waals surface area contributed by atoms with Gasteiger partial charge in [-0.15, -0.1) is 0 Å². The third kappa shape index (κ3) is 1.30.